The molecule has 1 aliphatic rings. The lowest BCUT2D eigenvalue weighted by atomic mass is 10.2. The van der Waals surface area contributed by atoms with Gasteiger partial charge in [-0.2, -0.15) is 0 Å². The third-order valence-corrected chi connectivity index (χ3v) is 3.03. The summed E-state index contributed by atoms with van der Waals surface area (Å²) in [6, 6.07) is 6.66. The van der Waals surface area contributed by atoms with Gasteiger partial charge in [0.25, 0.3) is 5.95 Å². The molecule has 0 aliphatic carbocycles. The summed E-state index contributed by atoms with van der Waals surface area (Å²) in [6.45, 7) is 2.38. The molecule has 21 heavy (non-hydrogen) atoms. The van der Waals surface area contributed by atoms with Crippen LogP contribution in [0.15, 0.2) is 35.8 Å². The van der Waals surface area contributed by atoms with Crippen molar-refractivity contribution in [2.45, 2.75) is 19.6 Å². The van der Waals surface area contributed by atoms with Crippen molar-refractivity contribution >= 4 is 5.97 Å². The number of hydrogen-bond donors (Lipinski definition) is 3. The number of phenols is 1. The number of hydrogen-bond acceptors (Lipinski definition) is 7. The van der Waals surface area contributed by atoms with Crippen LogP contribution in [0.25, 0.3) is 0 Å². The quantitative estimate of drug-likeness (QED) is 0.551. The van der Waals surface area contributed by atoms with Gasteiger partial charge in [0, 0.05) is 13.6 Å². The van der Waals surface area contributed by atoms with Gasteiger partial charge in [-0.25, -0.2) is 4.79 Å². The Kier molecular flexibility index (Phi) is 4.66. The summed E-state index contributed by atoms with van der Waals surface area (Å²) in [5.41, 5.74) is 0.953. The number of nitrogens with zero attached hydrogens (tertiary/aromatic N) is 1. The van der Waals surface area contributed by atoms with Crippen LogP contribution in [0.3, 0.4) is 0 Å². The number of carbonyl (C=O) groups excluding carboxylic acids is 1. The van der Waals surface area contributed by atoms with Crippen LogP contribution in [0.4, 0.5) is 0 Å². The SMILES string of the molecule is CCO/C(O)=C1\C(=O)ON(C)C1NCc1ccc(O)cc1. The van der Waals surface area contributed by atoms with Gasteiger partial charge in [0.1, 0.15) is 11.9 Å². The minimum absolute atomic E-state index is 0.0399. The van der Waals surface area contributed by atoms with Crippen molar-refractivity contribution in [1.82, 2.24) is 10.4 Å². The Bertz CT molecular complexity index is 541. The number of benzene rings is 1. The molecular formula is C14H18N2O5. The van der Waals surface area contributed by atoms with Gasteiger partial charge >= 0.3 is 5.97 Å². The predicted octanol–water partition coefficient (Wildman–Crippen LogP) is 1.02. The largest absolute Gasteiger partial charge is 0.508 e. The fourth-order valence-electron chi connectivity index (χ4n) is 2.00. The van der Waals surface area contributed by atoms with E-state index < -0.39 is 18.1 Å². The van der Waals surface area contributed by atoms with E-state index in [1.807, 2.05) is 0 Å². The summed E-state index contributed by atoms with van der Waals surface area (Å²) < 4.78 is 4.98. The number of rotatable bonds is 5. The van der Waals surface area contributed by atoms with Gasteiger partial charge < -0.3 is 19.8 Å². The number of carbonyl (C=O) groups is 1. The van der Waals surface area contributed by atoms with E-state index in [4.69, 9.17) is 9.57 Å². The second-order valence-electron chi connectivity index (χ2n) is 4.53. The molecule has 1 aromatic carbocycles. The van der Waals surface area contributed by atoms with Crippen molar-refractivity contribution < 1.29 is 24.6 Å². The second-order valence-corrected chi connectivity index (χ2v) is 4.53. The monoisotopic (exact) mass is 294 g/mol. The molecule has 7 nitrogen and oxygen atoms in total. The zero-order valence-electron chi connectivity index (χ0n) is 11.9. The van der Waals surface area contributed by atoms with Gasteiger partial charge in [-0.1, -0.05) is 12.1 Å². The molecular weight excluding hydrogens is 276 g/mol. The van der Waals surface area contributed by atoms with Crippen molar-refractivity contribution in [3.63, 3.8) is 0 Å². The zero-order chi connectivity index (χ0) is 15.4. The first kappa shape index (κ1) is 15.1. The highest BCUT2D eigenvalue weighted by molar-refractivity contribution is 5.91. The van der Waals surface area contributed by atoms with E-state index in [-0.39, 0.29) is 17.9 Å². The van der Waals surface area contributed by atoms with Crippen molar-refractivity contribution in [1.29, 1.82) is 0 Å². The van der Waals surface area contributed by atoms with Gasteiger partial charge in [-0.3, -0.25) is 5.32 Å². The second kappa shape index (κ2) is 6.47. The Morgan fingerprint density at radius 1 is 1.43 bits per heavy atom. The Morgan fingerprint density at radius 2 is 2.10 bits per heavy atom. The molecule has 0 aromatic heterocycles. The first-order chi connectivity index (χ1) is 10.0. The molecule has 0 amide bonds. The van der Waals surface area contributed by atoms with Crippen molar-refractivity contribution in [2.24, 2.45) is 0 Å². The molecule has 1 aromatic rings. The number of nitrogens with one attached hydrogen (secondary N) is 1. The molecule has 7 heteroatoms. The molecule has 1 fully saturated rings. The highest BCUT2D eigenvalue weighted by atomic mass is 16.7. The topological polar surface area (TPSA) is 91.3 Å². The van der Waals surface area contributed by atoms with Gasteiger partial charge in [0.05, 0.1) is 6.61 Å². The highest BCUT2D eigenvalue weighted by Crippen LogP contribution is 2.22. The average Bonchev–Trinajstić information content (AvgIpc) is 2.72. The smallest absolute Gasteiger partial charge is 0.363 e. The van der Waals surface area contributed by atoms with E-state index in [2.05, 4.69) is 5.32 Å². The number of aliphatic hydroxyl groups is 1. The Balaban J connectivity index is 2.10. The molecule has 0 radical (unpaired) electrons. The normalized spacial score (nSPS) is 21.2. The van der Waals surface area contributed by atoms with Crippen LogP contribution in [-0.2, 0) is 20.9 Å². The van der Waals surface area contributed by atoms with Gasteiger partial charge in [-0.15, -0.1) is 5.06 Å². The first-order valence-electron chi connectivity index (χ1n) is 6.55. The van der Waals surface area contributed by atoms with Gasteiger partial charge in [0.2, 0.25) is 0 Å². The molecule has 1 heterocycles. The van der Waals surface area contributed by atoms with Gasteiger partial charge in [0.15, 0.2) is 5.57 Å². The summed E-state index contributed by atoms with van der Waals surface area (Å²) in [5.74, 6) is -0.897. The third-order valence-electron chi connectivity index (χ3n) is 3.03. The first-order valence-corrected chi connectivity index (χ1v) is 6.55. The van der Waals surface area contributed by atoms with E-state index in [0.717, 1.165) is 5.56 Å². The van der Waals surface area contributed by atoms with Crippen LogP contribution < -0.4 is 5.32 Å². The molecule has 1 saturated heterocycles. The number of phenolic OH excluding ortho intramolecular Hbond substituents is 1. The maximum Gasteiger partial charge on any atom is 0.363 e. The lowest BCUT2D eigenvalue weighted by molar-refractivity contribution is -0.169. The minimum atomic E-state index is -0.647. The number of aromatic hydroxyl groups is 1. The molecule has 1 unspecified atom stereocenters. The predicted molar refractivity (Wildman–Crippen MR) is 73.9 cm³/mol. The fraction of sp³-hybridized carbons (Fsp3) is 0.357. The highest BCUT2D eigenvalue weighted by Gasteiger charge is 2.39. The van der Waals surface area contributed by atoms with Crippen LogP contribution in [0.1, 0.15) is 12.5 Å². The summed E-state index contributed by atoms with van der Waals surface area (Å²) in [6.07, 6.45) is -0.613. The standard InChI is InChI=1S/C14H18N2O5/c1-3-20-13(18)11-12(16(2)21-14(11)19)15-8-9-4-6-10(17)7-5-9/h4-7,12,15,17-18H,3,8H2,1-2H3/b13-11-. The van der Waals surface area contributed by atoms with Crippen LogP contribution >= 0.6 is 0 Å². The molecule has 3 N–H and O–H groups in total. The molecule has 0 bridgehead atoms. The maximum absolute atomic E-state index is 11.7. The summed E-state index contributed by atoms with van der Waals surface area (Å²) in [5, 5.41) is 23.4. The molecule has 1 atom stereocenters. The van der Waals surface area contributed by atoms with Crippen molar-refractivity contribution in [3.8, 4) is 5.75 Å². The fourth-order valence-corrected chi connectivity index (χ4v) is 2.00. The maximum atomic E-state index is 11.7. The van der Waals surface area contributed by atoms with Crippen LogP contribution in [0.5, 0.6) is 5.75 Å². The zero-order valence-corrected chi connectivity index (χ0v) is 11.9. The molecule has 0 saturated carbocycles. The number of hydroxylamine groups is 2. The molecule has 1 aliphatic heterocycles. The van der Waals surface area contributed by atoms with Crippen molar-refractivity contribution in [3.05, 3.63) is 41.3 Å². The number of ether oxygens (including phenoxy) is 1. The lowest BCUT2D eigenvalue weighted by Crippen LogP contribution is -2.39. The lowest BCUT2D eigenvalue weighted by Gasteiger charge is -2.18. The summed E-state index contributed by atoms with van der Waals surface area (Å²) in [4.78, 5) is 16.7. The third kappa shape index (κ3) is 3.45. The minimum Gasteiger partial charge on any atom is -0.508 e. The van der Waals surface area contributed by atoms with E-state index in [9.17, 15) is 15.0 Å². The number of aliphatic hydroxyl groups excluding tert-OH is 1. The average molecular weight is 294 g/mol. The van der Waals surface area contributed by atoms with Crippen LogP contribution in [-0.4, -0.2) is 41.1 Å². The van der Waals surface area contributed by atoms with Gasteiger partial charge in [-0.05, 0) is 24.6 Å². The Labute approximate surface area is 122 Å². The molecule has 2 rings (SSSR count). The van der Waals surface area contributed by atoms with Crippen molar-refractivity contribution in [2.75, 3.05) is 13.7 Å². The summed E-state index contributed by atoms with van der Waals surface area (Å²) >= 11 is 0. The molecule has 0 spiro atoms. The van der Waals surface area contributed by atoms with E-state index in [1.165, 1.54) is 5.06 Å². The van der Waals surface area contributed by atoms with E-state index in [1.54, 1.807) is 38.2 Å². The Morgan fingerprint density at radius 3 is 2.71 bits per heavy atom. The van der Waals surface area contributed by atoms with E-state index in [0.29, 0.717) is 6.54 Å². The summed E-state index contributed by atoms with van der Waals surface area (Å²) in [7, 11) is 1.58. The van der Waals surface area contributed by atoms with E-state index >= 15 is 0 Å². The van der Waals surface area contributed by atoms with Crippen LogP contribution in [0, 0.1) is 0 Å². The Hall–Kier alpha value is -2.25. The molecule has 114 valence electrons. The van der Waals surface area contributed by atoms with Crippen LogP contribution in [0.2, 0.25) is 0 Å². The number of likely N-dealkylation sites (N-methyl/N-ethyl adjacent to an activating group) is 1.